The maximum absolute atomic E-state index is 13.2. The smallest absolute Gasteiger partial charge is 0.255 e. The van der Waals surface area contributed by atoms with Crippen molar-refractivity contribution in [3.05, 3.63) is 83.4 Å². The monoisotopic (exact) mass is 542 g/mol. The van der Waals surface area contributed by atoms with Gasteiger partial charge in [-0.05, 0) is 93.9 Å². The molecule has 0 spiro atoms. The quantitative estimate of drug-likeness (QED) is 0.427. The second-order valence-electron chi connectivity index (χ2n) is 10.6. The molecule has 2 heterocycles. The van der Waals surface area contributed by atoms with E-state index in [1.165, 1.54) is 0 Å². The summed E-state index contributed by atoms with van der Waals surface area (Å²) in [4.78, 5) is 30.8. The number of ether oxygens (including phenoxy) is 2. The van der Waals surface area contributed by atoms with Gasteiger partial charge in [0.15, 0.2) is 0 Å². The average Bonchev–Trinajstić information content (AvgIpc) is 3.19. The minimum absolute atomic E-state index is 0.153. The number of amides is 2. The molecule has 2 amide bonds. The summed E-state index contributed by atoms with van der Waals surface area (Å²) in [7, 11) is 2.14. The first kappa shape index (κ1) is 27.7. The van der Waals surface area contributed by atoms with Crippen molar-refractivity contribution in [3.8, 4) is 5.75 Å². The molecule has 8 heteroatoms. The normalized spacial score (nSPS) is 18.1. The van der Waals surface area contributed by atoms with E-state index in [0.717, 1.165) is 56.7 Å². The van der Waals surface area contributed by atoms with E-state index < -0.39 is 0 Å². The lowest BCUT2D eigenvalue weighted by Gasteiger charge is -2.29. The third kappa shape index (κ3) is 7.20. The zero-order chi connectivity index (χ0) is 27.9. The lowest BCUT2D eigenvalue weighted by atomic mass is 10.1. The van der Waals surface area contributed by atoms with Gasteiger partial charge in [0, 0.05) is 47.8 Å². The largest absolute Gasteiger partial charge is 0.490 e. The number of benzene rings is 3. The number of morpholine rings is 1. The number of likely N-dealkylation sites (tertiary alicyclic amines) is 1. The lowest BCUT2D eigenvalue weighted by Crippen LogP contribution is -2.36. The molecule has 0 aliphatic carbocycles. The third-order valence-corrected chi connectivity index (χ3v) is 7.53. The first-order chi connectivity index (χ1) is 19.4. The van der Waals surface area contributed by atoms with Crippen molar-refractivity contribution < 1.29 is 19.1 Å². The molecule has 3 aromatic rings. The summed E-state index contributed by atoms with van der Waals surface area (Å²) in [5.74, 6) is 0.279. The molecule has 0 saturated carbocycles. The maximum Gasteiger partial charge on any atom is 0.255 e. The lowest BCUT2D eigenvalue weighted by molar-refractivity contribution is 0.101. The van der Waals surface area contributed by atoms with Crippen molar-refractivity contribution in [3.63, 3.8) is 0 Å². The standard InChI is InChI=1S/C32H38N4O4/c1-23-11-12-26(33-31(37)24-6-3-8-27(20-24)36-16-18-39-19-17-36)22-30(23)34-32(38)25-7-4-9-29(21-25)40-28-10-5-14-35(2)15-13-28/h3-4,6-9,11-12,20-22,28H,5,10,13-19H2,1-2H3,(H,33,37)(H,34,38). The van der Waals surface area contributed by atoms with Crippen LogP contribution in [0.25, 0.3) is 0 Å². The number of carbonyl (C=O) groups excluding carboxylic acids is 2. The van der Waals surface area contributed by atoms with Crippen LogP contribution >= 0.6 is 0 Å². The number of rotatable bonds is 7. The van der Waals surface area contributed by atoms with E-state index in [4.69, 9.17) is 9.47 Å². The number of hydrogen-bond acceptors (Lipinski definition) is 6. The van der Waals surface area contributed by atoms with Crippen LogP contribution in [-0.2, 0) is 4.74 Å². The summed E-state index contributed by atoms with van der Waals surface area (Å²) in [6.45, 7) is 7.00. The predicted molar refractivity (Wildman–Crippen MR) is 159 cm³/mol. The van der Waals surface area contributed by atoms with Crippen molar-refractivity contribution >= 4 is 28.9 Å². The fourth-order valence-corrected chi connectivity index (χ4v) is 5.13. The van der Waals surface area contributed by atoms with Crippen molar-refractivity contribution in [2.75, 3.05) is 62.0 Å². The highest BCUT2D eigenvalue weighted by atomic mass is 16.5. The van der Waals surface area contributed by atoms with E-state index in [2.05, 4.69) is 27.5 Å². The van der Waals surface area contributed by atoms with Gasteiger partial charge < -0.3 is 29.9 Å². The molecule has 8 nitrogen and oxygen atoms in total. The van der Waals surface area contributed by atoms with Gasteiger partial charge in [0.05, 0.1) is 19.3 Å². The summed E-state index contributed by atoms with van der Waals surface area (Å²) in [6, 6.07) is 20.5. The highest BCUT2D eigenvalue weighted by molar-refractivity contribution is 6.07. The van der Waals surface area contributed by atoms with Crippen LogP contribution in [0.1, 0.15) is 45.5 Å². The first-order valence-corrected chi connectivity index (χ1v) is 14.1. The molecule has 0 radical (unpaired) electrons. The van der Waals surface area contributed by atoms with Gasteiger partial charge >= 0.3 is 0 Å². The molecule has 1 unspecified atom stereocenters. The molecule has 2 aliphatic rings. The van der Waals surface area contributed by atoms with E-state index >= 15 is 0 Å². The van der Waals surface area contributed by atoms with E-state index in [1.807, 2.05) is 49.4 Å². The molecule has 2 N–H and O–H groups in total. The minimum Gasteiger partial charge on any atom is -0.490 e. The number of anilines is 3. The molecular weight excluding hydrogens is 504 g/mol. The van der Waals surface area contributed by atoms with Crippen molar-refractivity contribution in [2.24, 2.45) is 0 Å². The van der Waals surface area contributed by atoms with Crippen LogP contribution in [0.5, 0.6) is 5.75 Å². The molecule has 3 aromatic carbocycles. The van der Waals surface area contributed by atoms with Gasteiger partial charge in [0.2, 0.25) is 0 Å². The highest BCUT2D eigenvalue weighted by Crippen LogP contribution is 2.25. The number of hydrogen-bond donors (Lipinski definition) is 2. The average molecular weight is 543 g/mol. The van der Waals surface area contributed by atoms with Gasteiger partial charge in [-0.1, -0.05) is 18.2 Å². The Bertz CT molecular complexity index is 1340. The van der Waals surface area contributed by atoms with E-state index in [-0.39, 0.29) is 17.9 Å². The number of nitrogens with zero attached hydrogens (tertiary/aromatic N) is 2. The minimum atomic E-state index is -0.226. The summed E-state index contributed by atoms with van der Waals surface area (Å²) in [5.41, 5.74) is 4.26. The van der Waals surface area contributed by atoms with Crippen LogP contribution < -0.4 is 20.3 Å². The van der Waals surface area contributed by atoms with Crippen LogP contribution in [0.4, 0.5) is 17.1 Å². The Morgan fingerprint density at radius 3 is 2.42 bits per heavy atom. The number of carbonyl (C=O) groups is 2. The molecule has 1 atom stereocenters. The molecule has 5 rings (SSSR count). The molecule has 40 heavy (non-hydrogen) atoms. The molecule has 2 saturated heterocycles. The fraction of sp³-hybridized carbons (Fsp3) is 0.375. The Morgan fingerprint density at radius 2 is 1.60 bits per heavy atom. The van der Waals surface area contributed by atoms with Crippen molar-refractivity contribution in [1.82, 2.24) is 4.90 Å². The predicted octanol–water partition coefficient (Wildman–Crippen LogP) is 5.20. The number of nitrogens with one attached hydrogen (secondary N) is 2. The van der Waals surface area contributed by atoms with Gasteiger partial charge in [-0.3, -0.25) is 9.59 Å². The van der Waals surface area contributed by atoms with Crippen LogP contribution in [0.3, 0.4) is 0 Å². The Kier molecular flexibility index (Phi) is 8.98. The van der Waals surface area contributed by atoms with Gasteiger partial charge in [0.25, 0.3) is 11.8 Å². The second kappa shape index (κ2) is 13.0. The molecule has 2 fully saturated rings. The van der Waals surface area contributed by atoms with Crippen molar-refractivity contribution in [1.29, 1.82) is 0 Å². The molecule has 2 aliphatic heterocycles. The highest BCUT2D eigenvalue weighted by Gasteiger charge is 2.18. The second-order valence-corrected chi connectivity index (χ2v) is 10.6. The zero-order valence-electron chi connectivity index (χ0n) is 23.3. The third-order valence-electron chi connectivity index (χ3n) is 7.53. The van der Waals surface area contributed by atoms with Crippen LogP contribution in [0, 0.1) is 6.92 Å². The SMILES string of the molecule is Cc1ccc(NC(=O)c2cccc(N3CCOCC3)c2)cc1NC(=O)c1cccc(OC2CCCN(C)CC2)c1. The summed E-state index contributed by atoms with van der Waals surface area (Å²) < 4.78 is 11.7. The summed E-state index contributed by atoms with van der Waals surface area (Å²) >= 11 is 0. The first-order valence-electron chi connectivity index (χ1n) is 14.1. The Labute approximate surface area is 236 Å². The Morgan fingerprint density at radius 1 is 0.850 bits per heavy atom. The summed E-state index contributed by atoms with van der Waals surface area (Å²) in [6.07, 6.45) is 3.24. The molecule has 0 aromatic heterocycles. The Hall–Kier alpha value is -3.88. The molecular formula is C32H38N4O4. The van der Waals surface area contributed by atoms with E-state index in [9.17, 15) is 9.59 Å². The molecule has 210 valence electrons. The van der Waals surface area contributed by atoms with E-state index in [0.29, 0.717) is 41.5 Å². The van der Waals surface area contributed by atoms with Gasteiger partial charge in [0.1, 0.15) is 5.75 Å². The fourth-order valence-electron chi connectivity index (χ4n) is 5.13. The van der Waals surface area contributed by atoms with E-state index in [1.54, 1.807) is 24.3 Å². The van der Waals surface area contributed by atoms with Gasteiger partial charge in [-0.15, -0.1) is 0 Å². The topological polar surface area (TPSA) is 83.1 Å². The van der Waals surface area contributed by atoms with Gasteiger partial charge in [-0.25, -0.2) is 0 Å². The number of aryl methyl sites for hydroxylation is 1. The van der Waals surface area contributed by atoms with Gasteiger partial charge in [-0.2, -0.15) is 0 Å². The van der Waals surface area contributed by atoms with Crippen LogP contribution in [0.15, 0.2) is 66.7 Å². The summed E-state index contributed by atoms with van der Waals surface area (Å²) in [5, 5.41) is 5.98. The van der Waals surface area contributed by atoms with Crippen LogP contribution in [-0.4, -0.2) is 69.3 Å². The molecule has 0 bridgehead atoms. The Balaban J connectivity index is 1.23. The van der Waals surface area contributed by atoms with Crippen LogP contribution in [0.2, 0.25) is 0 Å². The van der Waals surface area contributed by atoms with Crippen molar-refractivity contribution in [2.45, 2.75) is 32.3 Å². The maximum atomic E-state index is 13.2. The zero-order valence-corrected chi connectivity index (χ0v) is 23.3.